The Morgan fingerprint density at radius 3 is 2.44 bits per heavy atom. The van der Waals surface area contributed by atoms with Gasteiger partial charge in [0, 0.05) is 24.7 Å². The second kappa shape index (κ2) is 7.06. The number of nitrogen functional groups attached to an aromatic ring is 1. The average molecular weight is 345 g/mol. The van der Waals surface area contributed by atoms with Gasteiger partial charge in [-0.15, -0.1) is 0 Å². The van der Waals surface area contributed by atoms with Crippen molar-refractivity contribution < 1.29 is 13.2 Å². The Kier molecular flexibility index (Phi) is 4.84. The largest absolute Gasteiger partial charge is 0.397 e. The highest BCUT2D eigenvalue weighted by Crippen LogP contribution is 2.37. The number of rotatable bonds is 3. The first-order valence-corrected chi connectivity index (χ1v) is 8.13. The minimum absolute atomic E-state index is 0.0854. The zero-order valence-corrected chi connectivity index (χ0v) is 13.6. The molecule has 3 rings (SSSR count). The van der Waals surface area contributed by atoms with Gasteiger partial charge >= 0.3 is 0 Å². The standard InChI is InChI=1S/C19H18F3N3/c20-14-2-3-15(16(21)10-14)19(22)13-5-7-25(8-6-13)18-4-1-12(11-23)9-17(18)24/h1-4,9-10,13,19H,5-8,24H2/t19-/m0/s1. The summed E-state index contributed by atoms with van der Waals surface area (Å²) in [7, 11) is 0. The Bertz CT molecular complexity index is 808. The molecule has 2 N–H and O–H groups in total. The molecule has 0 spiro atoms. The quantitative estimate of drug-likeness (QED) is 0.842. The van der Waals surface area contributed by atoms with Crippen LogP contribution in [0.1, 0.15) is 30.1 Å². The van der Waals surface area contributed by atoms with Crippen molar-refractivity contribution in [3.8, 4) is 6.07 Å². The SMILES string of the molecule is N#Cc1ccc(N2CCC([C@H](F)c3ccc(F)cc3F)CC2)c(N)c1. The van der Waals surface area contributed by atoms with E-state index in [1.165, 1.54) is 6.07 Å². The summed E-state index contributed by atoms with van der Waals surface area (Å²) in [6.45, 7) is 1.17. The zero-order chi connectivity index (χ0) is 18.0. The molecule has 1 fully saturated rings. The van der Waals surface area contributed by atoms with Crippen molar-refractivity contribution in [2.75, 3.05) is 23.7 Å². The number of hydrogen-bond donors (Lipinski definition) is 1. The maximum atomic E-state index is 14.7. The van der Waals surface area contributed by atoms with E-state index in [1.54, 1.807) is 18.2 Å². The van der Waals surface area contributed by atoms with Crippen molar-refractivity contribution >= 4 is 11.4 Å². The van der Waals surface area contributed by atoms with E-state index in [1.807, 2.05) is 11.0 Å². The third kappa shape index (κ3) is 3.55. The molecule has 1 aliphatic rings. The fourth-order valence-electron chi connectivity index (χ4n) is 3.32. The summed E-state index contributed by atoms with van der Waals surface area (Å²) in [5.41, 5.74) is 7.74. The van der Waals surface area contributed by atoms with Crippen molar-refractivity contribution in [3.05, 3.63) is 59.2 Å². The highest BCUT2D eigenvalue weighted by atomic mass is 19.1. The molecule has 1 saturated heterocycles. The highest BCUT2D eigenvalue weighted by Gasteiger charge is 2.30. The van der Waals surface area contributed by atoms with Gasteiger partial charge in [-0.3, -0.25) is 0 Å². The molecule has 0 radical (unpaired) electrons. The Morgan fingerprint density at radius 1 is 1.12 bits per heavy atom. The first kappa shape index (κ1) is 17.2. The van der Waals surface area contributed by atoms with Gasteiger partial charge in [-0.25, -0.2) is 13.2 Å². The van der Waals surface area contributed by atoms with Crippen LogP contribution in [0.25, 0.3) is 0 Å². The molecule has 1 heterocycles. The number of piperidine rings is 1. The van der Waals surface area contributed by atoms with Crippen molar-refractivity contribution in [1.82, 2.24) is 0 Å². The van der Waals surface area contributed by atoms with Gasteiger partial charge in [-0.05, 0) is 43.0 Å². The topological polar surface area (TPSA) is 53.0 Å². The second-order valence-corrected chi connectivity index (χ2v) is 6.28. The van der Waals surface area contributed by atoms with E-state index >= 15 is 0 Å². The maximum Gasteiger partial charge on any atom is 0.132 e. The van der Waals surface area contributed by atoms with Gasteiger partial charge in [-0.1, -0.05) is 6.07 Å². The number of anilines is 2. The Hall–Kier alpha value is -2.68. The molecule has 2 aromatic rings. The number of halogens is 3. The molecule has 0 aliphatic carbocycles. The van der Waals surface area contributed by atoms with E-state index in [-0.39, 0.29) is 11.5 Å². The molecule has 0 saturated carbocycles. The van der Waals surface area contributed by atoms with Crippen LogP contribution in [0.15, 0.2) is 36.4 Å². The lowest BCUT2D eigenvalue weighted by Gasteiger charge is -2.35. The first-order valence-electron chi connectivity index (χ1n) is 8.13. The molecule has 2 aromatic carbocycles. The van der Waals surface area contributed by atoms with E-state index in [2.05, 4.69) is 0 Å². The van der Waals surface area contributed by atoms with Crippen LogP contribution in [0.3, 0.4) is 0 Å². The maximum absolute atomic E-state index is 14.7. The number of nitrogens with two attached hydrogens (primary N) is 1. The fourth-order valence-corrected chi connectivity index (χ4v) is 3.32. The number of hydrogen-bond acceptors (Lipinski definition) is 3. The lowest BCUT2D eigenvalue weighted by atomic mass is 9.88. The molecule has 0 amide bonds. The highest BCUT2D eigenvalue weighted by molar-refractivity contribution is 5.69. The Labute approximate surface area is 144 Å². The number of alkyl halides is 1. The van der Waals surface area contributed by atoms with Gasteiger partial charge in [0.2, 0.25) is 0 Å². The molecule has 0 unspecified atom stereocenters. The predicted octanol–water partition coefficient (Wildman–Crippen LogP) is 4.35. The summed E-state index contributed by atoms with van der Waals surface area (Å²) < 4.78 is 41.5. The van der Waals surface area contributed by atoms with Gasteiger partial charge < -0.3 is 10.6 Å². The number of benzene rings is 2. The lowest BCUT2D eigenvalue weighted by molar-refractivity contribution is 0.194. The molecule has 25 heavy (non-hydrogen) atoms. The minimum Gasteiger partial charge on any atom is -0.397 e. The summed E-state index contributed by atoms with van der Waals surface area (Å²) in [5.74, 6) is -1.87. The summed E-state index contributed by atoms with van der Waals surface area (Å²) >= 11 is 0. The van der Waals surface area contributed by atoms with Crippen molar-refractivity contribution in [3.63, 3.8) is 0 Å². The van der Waals surface area contributed by atoms with Gasteiger partial charge in [-0.2, -0.15) is 5.26 Å². The lowest BCUT2D eigenvalue weighted by Crippen LogP contribution is -2.35. The van der Waals surface area contributed by atoms with Gasteiger partial charge in [0.25, 0.3) is 0 Å². The van der Waals surface area contributed by atoms with Gasteiger partial charge in [0.05, 0.1) is 23.0 Å². The Balaban J connectivity index is 1.68. The molecule has 0 aromatic heterocycles. The van der Waals surface area contributed by atoms with Crippen LogP contribution in [-0.2, 0) is 0 Å². The van der Waals surface area contributed by atoms with Gasteiger partial charge in [0.15, 0.2) is 0 Å². The fraction of sp³-hybridized carbons (Fsp3) is 0.316. The molecule has 130 valence electrons. The normalized spacial score (nSPS) is 16.5. The van der Waals surface area contributed by atoms with Crippen LogP contribution in [0, 0.1) is 28.9 Å². The molecular formula is C19H18F3N3. The predicted molar refractivity (Wildman–Crippen MR) is 90.7 cm³/mol. The van der Waals surface area contributed by atoms with Crippen LogP contribution in [0.4, 0.5) is 24.5 Å². The summed E-state index contributed by atoms with van der Waals surface area (Å²) in [4.78, 5) is 2.04. The molecule has 1 atom stereocenters. The third-order valence-electron chi connectivity index (χ3n) is 4.71. The summed E-state index contributed by atoms with van der Waals surface area (Å²) in [6.07, 6.45) is -0.379. The monoisotopic (exact) mass is 345 g/mol. The third-order valence-corrected chi connectivity index (χ3v) is 4.71. The van der Waals surface area contributed by atoms with E-state index in [4.69, 9.17) is 11.0 Å². The second-order valence-electron chi connectivity index (χ2n) is 6.28. The van der Waals surface area contributed by atoms with E-state index < -0.39 is 17.8 Å². The van der Waals surface area contributed by atoms with Crippen molar-refractivity contribution in [2.45, 2.75) is 19.0 Å². The minimum atomic E-state index is -1.46. The van der Waals surface area contributed by atoms with Crippen LogP contribution in [-0.4, -0.2) is 13.1 Å². The molecule has 3 nitrogen and oxygen atoms in total. The van der Waals surface area contributed by atoms with Crippen LogP contribution in [0.5, 0.6) is 0 Å². The van der Waals surface area contributed by atoms with Crippen LogP contribution < -0.4 is 10.6 Å². The van der Waals surface area contributed by atoms with Crippen LogP contribution >= 0.6 is 0 Å². The van der Waals surface area contributed by atoms with Gasteiger partial charge in [0.1, 0.15) is 17.8 Å². The Morgan fingerprint density at radius 2 is 1.84 bits per heavy atom. The summed E-state index contributed by atoms with van der Waals surface area (Å²) in [6, 6.07) is 10.1. The molecule has 0 bridgehead atoms. The number of nitrogens with zero attached hydrogens (tertiary/aromatic N) is 2. The van der Waals surface area contributed by atoms with E-state index in [9.17, 15) is 13.2 Å². The molecule has 6 heteroatoms. The van der Waals surface area contributed by atoms with E-state index in [0.717, 1.165) is 11.8 Å². The zero-order valence-electron chi connectivity index (χ0n) is 13.6. The van der Waals surface area contributed by atoms with Crippen molar-refractivity contribution in [2.24, 2.45) is 5.92 Å². The number of nitriles is 1. The van der Waals surface area contributed by atoms with Crippen LogP contribution in [0.2, 0.25) is 0 Å². The first-order chi connectivity index (χ1) is 12.0. The molecular weight excluding hydrogens is 327 g/mol. The van der Waals surface area contributed by atoms with E-state index in [0.29, 0.717) is 43.2 Å². The average Bonchev–Trinajstić information content (AvgIpc) is 2.61. The molecule has 1 aliphatic heterocycles. The summed E-state index contributed by atoms with van der Waals surface area (Å²) in [5, 5.41) is 8.89. The van der Waals surface area contributed by atoms with Crippen molar-refractivity contribution in [1.29, 1.82) is 5.26 Å². The smallest absolute Gasteiger partial charge is 0.132 e.